The average Bonchev–Trinajstić information content (AvgIpc) is 2.42. The molecule has 0 aromatic heterocycles. The minimum Gasteiger partial charge on any atom is -0.508 e. The highest BCUT2D eigenvalue weighted by molar-refractivity contribution is 7.46. The maximum absolute atomic E-state index is 11.0. The number of hydrogen-bond acceptors (Lipinski definition) is 3. The number of phosphoric ester groups is 1. The summed E-state index contributed by atoms with van der Waals surface area (Å²) < 4.78 is 15.6. The Hall–Kier alpha value is -1.81. The van der Waals surface area contributed by atoms with Crippen LogP contribution in [0.25, 0.3) is 0 Å². The fourth-order valence-corrected chi connectivity index (χ4v) is 3.18. The van der Waals surface area contributed by atoms with E-state index in [1.807, 2.05) is 39.8 Å². The zero-order chi connectivity index (χ0) is 18.1. The second-order valence-electron chi connectivity index (χ2n) is 6.34. The first kappa shape index (κ1) is 18.5. The summed E-state index contributed by atoms with van der Waals surface area (Å²) in [5.74, 6) is 0.689. The van der Waals surface area contributed by atoms with Crippen molar-refractivity contribution in [2.24, 2.45) is 0 Å². The first-order chi connectivity index (χ1) is 11.1. The van der Waals surface area contributed by atoms with Crippen LogP contribution in [0.1, 0.15) is 47.6 Å². The number of rotatable bonds is 5. The van der Waals surface area contributed by atoms with Crippen molar-refractivity contribution in [2.45, 2.75) is 40.0 Å². The van der Waals surface area contributed by atoms with E-state index < -0.39 is 7.82 Å². The van der Waals surface area contributed by atoms with Crippen molar-refractivity contribution in [2.75, 3.05) is 0 Å². The SMILES string of the molecule is Cc1cc(OP(=O)(O)O)cc(C)c1Cc1ccc(O)c(C(C)C)c1. The first-order valence-electron chi connectivity index (χ1n) is 7.74. The van der Waals surface area contributed by atoms with Crippen LogP contribution in [-0.4, -0.2) is 14.9 Å². The van der Waals surface area contributed by atoms with Crippen LogP contribution in [-0.2, 0) is 11.0 Å². The molecule has 0 fully saturated rings. The quantitative estimate of drug-likeness (QED) is 0.704. The van der Waals surface area contributed by atoms with E-state index in [-0.39, 0.29) is 11.7 Å². The smallest absolute Gasteiger partial charge is 0.508 e. The molecule has 0 aliphatic heterocycles. The largest absolute Gasteiger partial charge is 0.524 e. The fraction of sp³-hybridized carbons (Fsp3) is 0.333. The summed E-state index contributed by atoms with van der Waals surface area (Å²) in [6.45, 7) is 7.84. The molecule has 2 aromatic carbocycles. The molecule has 5 nitrogen and oxygen atoms in total. The lowest BCUT2D eigenvalue weighted by Gasteiger charge is -2.15. The Bertz CT molecular complexity index is 769. The molecule has 6 heteroatoms. The third-order valence-electron chi connectivity index (χ3n) is 3.99. The maximum atomic E-state index is 11.0. The monoisotopic (exact) mass is 350 g/mol. The first-order valence-corrected chi connectivity index (χ1v) is 9.27. The number of hydrogen-bond donors (Lipinski definition) is 3. The molecule has 0 unspecified atom stereocenters. The van der Waals surface area contributed by atoms with Crippen LogP contribution >= 0.6 is 7.82 Å². The van der Waals surface area contributed by atoms with Crippen LogP contribution < -0.4 is 4.52 Å². The molecule has 24 heavy (non-hydrogen) atoms. The molecule has 2 aromatic rings. The van der Waals surface area contributed by atoms with Gasteiger partial charge < -0.3 is 9.63 Å². The van der Waals surface area contributed by atoms with Gasteiger partial charge in [-0.25, -0.2) is 4.57 Å². The number of phenols is 1. The van der Waals surface area contributed by atoms with E-state index >= 15 is 0 Å². The minimum absolute atomic E-state index is 0.163. The van der Waals surface area contributed by atoms with Crippen molar-refractivity contribution < 1.29 is 24.0 Å². The molecule has 0 saturated heterocycles. The van der Waals surface area contributed by atoms with Gasteiger partial charge in [-0.3, -0.25) is 9.79 Å². The second-order valence-corrected chi connectivity index (χ2v) is 7.51. The van der Waals surface area contributed by atoms with Gasteiger partial charge in [0.05, 0.1) is 0 Å². The van der Waals surface area contributed by atoms with Crippen LogP contribution in [0.2, 0.25) is 0 Å². The zero-order valence-corrected chi connectivity index (χ0v) is 15.2. The van der Waals surface area contributed by atoms with Crippen LogP contribution in [0.5, 0.6) is 11.5 Å². The van der Waals surface area contributed by atoms with E-state index in [4.69, 9.17) is 9.79 Å². The van der Waals surface area contributed by atoms with Crippen molar-refractivity contribution >= 4 is 7.82 Å². The van der Waals surface area contributed by atoms with Gasteiger partial charge in [0.2, 0.25) is 0 Å². The third-order valence-corrected chi connectivity index (χ3v) is 4.44. The van der Waals surface area contributed by atoms with E-state index in [1.165, 1.54) is 0 Å². The summed E-state index contributed by atoms with van der Waals surface area (Å²) in [6, 6.07) is 8.86. The normalized spacial score (nSPS) is 11.8. The summed E-state index contributed by atoms with van der Waals surface area (Å²) >= 11 is 0. The molecule has 0 radical (unpaired) electrons. The van der Waals surface area contributed by atoms with E-state index in [0.717, 1.165) is 27.8 Å². The van der Waals surface area contributed by atoms with E-state index in [2.05, 4.69) is 4.52 Å². The van der Waals surface area contributed by atoms with Gasteiger partial charge in [0, 0.05) is 0 Å². The molecule has 0 aliphatic rings. The number of aromatic hydroxyl groups is 1. The summed E-state index contributed by atoms with van der Waals surface area (Å²) in [5.41, 5.74) is 4.86. The summed E-state index contributed by atoms with van der Waals surface area (Å²) in [6.07, 6.45) is 0.674. The van der Waals surface area contributed by atoms with Gasteiger partial charge in [0.15, 0.2) is 0 Å². The van der Waals surface area contributed by atoms with Gasteiger partial charge in [0.25, 0.3) is 0 Å². The highest BCUT2D eigenvalue weighted by Crippen LogP contribution is 2.39. The number of benzene rings is 2. The van der Waals surface area contributed by atoms with E-state index in [1.54, 1.807) is 18.2 Å². The van der Waals surface area contributed by atoms with Crippen molar-refractivity contribution in [3.05, 3.63) is 58.1 Å². The molecule has 3 N–H and O–H groups in total. The fourth-order valence-electron chi connectivity index (χ4n) is 2.80. The molecule has 130 valence electrons. The Morgan fingerprint density at radius 2 is 1.67 bits per heavy atom. The van der Waals surface area contributed by atoms with Crippen molar-refractivity contribution in [3.63, 3.8) is 0 Å². The number of aryl methyl sites for hydroxylation is 2. The van der Waals surface area contributed by atoms with Gasteiger partial charge in [-0.1, -0.05) is 26.0 Å². The number of phosphoric acid groups is 1. The Morgan fingerprint density at radius 1 is 1.08 bits per heavy atom. The molecule has 0 aliphatic carbocycles. The predicted molar refractivity (Wildman–Crippen MR) is 93.6 cm³/mol. The van der Waals surface area contributed by atoms with E-state index in [0.29, 0.717) is 12.2 Å². The van der Waals surface area contributed by atoms with Crippen LogP contribution in [0, 0.1) is 13.8 Å². The van der Waals surface area contributed by atoms with E-state index in [9.17, 15) is 9.67 Å². The minimum atomic E-state index is -4.56. The average molecular weight is 350 g/mol. The predicted octanol–water partition coefficient (Wildman–Crippen LogP) is 4.19. The second kappa shape index (κ2) is 6.98. The molecule has 0 amide bonds. The summed E-state index contributed by atoms with van der Waals surface area (Å²) in [4.78, 5) is 17.9. The summed E-state index contributed by atoms with van der Waals surface area (Å²) in [7, 11) is -4.56. The lowest BCUT2D eigenvalue weighted by molar-refractivity contribution is 0.283. The van der Waals surface area contributed by atoms with Crippen molar-refractivity contribution in [3.8, 4) is 11.5 Å². The molecule has 0 spiro atoms. The Balaban J connectivity index is 2.34. The highest BCUT2D eigenvalue weighted by Gasteiger charge is 2.17. The lowest BCUT2D eigenvalue weighted by atomic mass is 9.93. The van der Waals surface area contributed by atoms with Gasteiger partial charge in [-0.2, -0.15) is 0 Å². The highest BCUT2D eigenvalue weighted by atomic mass is 31.2. The molecular weight excluding hydrogens is 327 g/mol. The van der Waals surface area contributed by atoms with Gasteiger partial charge in [-0.15, -0.1) is 0 Å². The topological polar surface area (TPSA) is 87.0 Å². The van der Waals surface area contributed by atoms with Gasteiger partial charge >= 0.3 is 7.82 Å². The van der Waals surface area contributed by atoms with Gasteiger partial charge in [-0.05, 0) is 72.2 Å². The van der Waals surface area contributed by atoms with Crippen LogP contribution in [0.3, 0.4) is 0 Å². The molecule has 0 heterocycles. The Kier molecular flexibility index (Phi) is 5.38. The standard InChI is InChI=1S/C18H23O5P/c1-11(2)16-9-14(5-6-18(16)19)10-17-12(3)7-15(8-13(17)4)23-24(20,21)22/h5-9,11,19H,10H2,1-4H3,(H2,20,21,22). The molecule has 0 saturated carbocycles. The zero-order valence-electron chi connectivity index (χ0n) is 14.3. The van der Waals surface area contributed by atoms with Crippen molar-refractivity contribution in [1.82, 2.24) is 0 Å². The van der Waals surface area contributed by atoms with Gasteiger partial charge in [0.1, 0.15) is 11.5 Å². The molecule has 0 atom stereocenters. The third kappa shape index (κ3) is 4.60. The summed E-state index contributed by atoms with van der Waals surface area (Å²) in [5, 5.41) is 9.93. The van der Waals surface area contributed by atoms with Crippen LogP contribution in [0.4, 0.5) is 0 Å². The Labute approximate surface area is 142 Å². The van der Waals surface area contributed by atoms with Crippen LogP contribution in [0.15, 0.2) is 30.3 Å². The Morgan fingerprint density at radius 3 is 2.17 bits per heavy atom. The number of phenolic OH excluding ortho intramolecular Hbond substituents is 1. The maximum Gasteiger partial charge on any atom is 0.524 e. The lowest BCUT2D eigenvalue weighted by Crippen LogP contribution is -1.99. The molecule has 2 rings (SSSR count). The van der Waals surface area contributed by atoms with Crippen molar-refractivity contribution in [1.29, 1.82) is 0 Å². The molecular formula is C18H23O5P. The molecule has 0 bridgehead atoms.